The molecule has 5 rings (SSSR count). The number of nitrogens with one attached hydrogen (secondary N) is 1. The quantitative estimate of drug-likeness (QED) is 0.408. The van der Waals surface area contributed by atoms with Crippen molar-refractivity contribution in [1.29, 1.82) is 0 Å². The lowest BCUT2D eigenvalue weighted by molar-refractivity contribution is -0.115. The van der Waals surface area contributed by atoms with Crippen LogP contribution < -0.4 is 5.32 Å². The summed E-state index contributed by atoms with van der Waals surface area (Å²) >= 11 is 0. The Morgan fingerprint density at radius 1 is 0.853 bits per heavy atom. The molecule has 1 amide bonds. The van der Waals surface area contributed by atoms with Gasteiger partial charge in [0.2, 0.25) is 5.91 Å². The molecule has 0 atom stereocenters. The summed E-state index contributed by atoms with van der Waals surface area (Å²) in [5.74, 6) is -1.96. The highest BCUT2D eigenvalue weighted by atomic mass is 19.2. The summed E-state index contributed by atoms with van der Waals surface area (Å²) in [6.07, 6.45) is 1.06. The third-order valence-corrected chi connectivity index (χ3v) is 5.69. The number of aromatic hydroxyl groups is 2. The molecule has 0 radical (unpaired) electrons. The van der Waals surface area contributed by atoms with Gasteiger partial charge in [-0.3, -0.25) is 4.79 Å². The zero-order chi connectivity index (χ0) is 23.8. The fourth-order valence-electron chi connectivity index (χ4n) is 4.05. The average Bonchev–Trinajstić information content (AvgIpc) is 2.81. The van der Waals surface area contributed by atoms with Crippen molar-refractivity contribution in [3.05, 3.63) is 89.1 Å². The lowest BCUT2D eigenvalue weighted by atomic mass is 9.91. The Labute approximate surface area is 193 Å². The second kappa shape index (κ2) is 8.55. The summed E-state index contributed by atoms with van der Waals surface area (Å²) in [6, 6.07) is 14.8. The van der Waals surface area contributed by atoms with Crippen molar-refractivity contribution in [1.82, 2.24) is 9.97 Å². The lowest BCUT2D eigenvalue weighted by Crippen LogP contribution is -2.19. The normalized spacial score (nSPS) is 12.1. The van der Waals surface area contributed by atoms with Gasteiger partial charge in [-0.2, -0.15) is 0 Å². The number of halogens is 2. The largest absolute Gasteiger partial charge is 0.508 e. The molecule has 0 unspecified atom stereocenters. The van der Waals surface area contributed by atoms with Gasteiger partial charge in [-0.1, -0.05) is 6.07 Å². The van der Waals surface area contributed by atoms with E-state index in [9.17, 15) is 23.8 Å². The molecule has 3 aromatic carbocycles. The van der Waals surface area contributed by atoms with Crippen LogP contribution >= 0.6 is 0 Å². The zero-order valence-electron chi connectivity index (χ0n) is 17.8. The SMILES string of the molecule is O=C(Cc1ccc(F)c(F)c1)Nc1nc2c(nc1-c1ccc(O)cc1)-c1ccc(O)cc1CC2. The van der Waals surface area contributed by atoms with Gasteiger partial charge in [0.1, 0.15) is 17.2 Å². The van der Waals surface area contributed by atoms with Crippen LogP contribution in [0.5, 0.6) is 11.5 Å². The van der Waals surface area contributed by atoms with Crippen molar-refractivity contribution in [2.24, 2.45) is 0 Å². The molecule has 6 nitrogen and oxygen atoms in total. The minimum absolute atomic E-state index is 0.0828. The van der Waals surface area contributed by atoms with Crippen LogP contribution in [-0.2, 0) is 24.1 Å². The molecule has 3 N–H and O–H groups in total. The molecular formula is C26H19F2N3O3. The predicted octanol–water partition coefficient (Wildman–Crippen LogP) is 4.78. The predicted molar refractivity (Wildman–Crippen MR) is 122 cm³/mol. The first-order chi connectivity index (χ1) is 16.4. The van der Waals surface area contributed by atoms with E-state index in [1.807, 2.05) is 0 Å². The molecule has 0 spiro atoms. The molecule has 0 fully saturated rings. The van der Waals surface area contributed by atoms with Crippen molar-refractivity contribution in [2.75, 3.05) is 5.32 Å². The molecule has 0 saturated heterocycles. The van der Waals surface area contributed by atoms with Gasteiger partial charge < -0.3 is 15.5 Å². The van der Waals surface area contributed by atoms with Crippen LogP contribution in [0, 0.1) is 11.6 Å². The van der Waals surface area contributed by atoms with Crippen LogP contribution in [0.15, 0.2) is 60.7 Å². The van der Waals surface area contributed by atoms with Crippen LogP contribution in [0.1, 0.15) is 16.8 Å². The van der Waals surface area contributed by atoms with Crippen LogP contribution in [0.25, 0.3) is 22.5 Å². The minimum Gasteiger partial charge on any atom is -0.508 e. The van der Waals surface area contributed by atoms with Gasteiger partial charge in [0, 0.05) is 11.1 Å². The van der Waals surface area contributed by atoms with Crippen LogP contribution in [0.4, 0.5) is 14.6 Å². The first-order valence-electron chi connectivity index (χ1n) is 10.6. The van der Waals surface area contributed by atoms with Gasteiger partial charge in [0.15, 0.2) is 17.5 Å². The number of fused-ring (bicyclic) bond motifs is 3. The molecule has 170 valence electrons. The number of phenols is 2. The Bertz CT molecular complexity index is 1420. The number of hydrogen-bond acceptors (Lipinski definition) is 5. The fourth-order valence-corrected chi connectivity index (χ4v) is 4.05. The van der Waals surface area contributed by atoms with Crippen molar-refractivity contribution < 1.29 is 23.8 Å². The summed E-state index contributed by atoms with van der Waals surface area (Å²) in [6.45, 7) is 0. The Kier molecular flexibility index (Phi) is 5.41. The summed E-state index contributed by atoms with van der Waals surface area (Å²) in [4.78, 5) is 22.3. The highest BCUT2D eigenvalue weighted by Crippen LogP contribution is 2.37. The maximum Gasteiger partial charge on any atom is 0.230 e. The van der Waals surface area contributed by atoms with E-state index >= 15 is 0 Å². The van der Waals surface area contributed by atoms with E-state index in [0.29, 0.717) is 41.1 Å². The number of rotatable bonds is 4. The van der Waals surface area contributed by atoms with E-state index < -0.39 is 17.5 Å². The molecule has 0 bridgehead atoms. The van der Waals surface area contributed by atoms with Crippen molar-refractivity contribution in [3.8, 4) is 34.0 Å². The zero-order valence-corrected chi connectivity index (χ0v) is 17.8. The van der Waals surface area contributed by atoms with Gasteiger partial charge >= 0.3 is 0 Å². The fraction of sp³-hybridized carbons (Fsp3) is 0.115. The highest BCUT2D eigenvalue weighted by molar-refractivity contribution is 5.95. The molecular weight excluding hydrogens is 440 g/mol. The number of hydrogen-bond donors (Lipinski definition) is 3. The highest BCUT2D eigenvalue weighted by Gasteiger charge is 2.23. The molecule has 34 heavy (non-hydrogen) atoms. The molecule has 1 aliphatic carbocycles. The van der Waals surface area contributed by atoms with Crippen molar-refractivity contribution in [2.45, 2.75) is 19.3 Å². The van der Waals surface area contributed by atoms with Gasteiger partial charge in [-0.25, -0.2) is 18.7 Å². The van der Waals surface area contributed by atoms with Crippen LogP contribution in [0.3, 0.4) is 0 Å². The third-order valence-electron chi connectivity index (χ3n) is 5.69. The average molecular weight is 459 g/mol. The minimum atomic E-state index is -1.02. The van der Waals surface area contributed by atoms with E-state index in [1.165, 1.54) is 18.2 Å². The number of aryl methyl sites for hydroxylation is 2. The van der Waals surface area contributed by atoms with E-state index in [2.05, 4.69) is 5.32 Å². The molecule has 1 aliphatic rings. The molecule has 4 aromatic rings. The summed E-state index contributed by atoms with van der Waals surface area (Å²) < 4.78 is 26.8. The monoisotopic (exact) mass is 459 g/mol. The van der Waals surface area contributed by atoms with Gasteiger partial charge in [-0.05, 0) is 78.6 Å². The van der Waals surface area contributed by atoms with Crippen molar-refractivity contribution >= 4 is 11.7 Å². The molecule has 0 aliphatic heterocycles. The van der Waals surface area contributed by atoms with Gasteiger partial charge in [0.05, 0.1) is 17.8 Å². The molecule has 0 saturated carbocycles. The van der Waals surface area contributed by atoms with E-state index in [0.717, 1.165) is 23.3 Å². The number of carbonyl (C=O) groups is 1. The Morgan fingerprint density at radius 2 is 1.62 bits per heavy atom. The number of amides is 1. The standard InChI is InChI=1S/C26H19F2N3O3/c27-20-9-1-14(11-21(20)28)12-23(34)30-26-24(15-2-5-17(32)6-3-15)31-25-19-8-7-18(33)13-16(19)4-10-22(25)29-26/h1-3,5-9,11,13,32-33H,4,10,12H2,(H,29,30,34). The maximum atomic E-state index is 13.5. The van der Waals surface area contributed by atoms with Gasteiger partial charge in [0.25, 0.3) is 0 Å². The summed E-state index contributed by atoms with van der Waals surface area (Å²) in [5.41, 5.74) is 4.51. The summed E-state index contributed by atoms with van der Waals surface area (Å²) in [7, 11) is 0. The van der Waals surface area contributed by atoms with E-state index in [-0.39, 0.29) is 23.7 Å². The molecule has 8 heteroatoms. The number of anilines is 1. The lowest BCUT2D eigenvalue weighted by Gasteiger charge is -2.21. The maximum absolute atomic E-state index is 13.5. The Balaban J connectivity index is 1.54. The number of aromatic nitrogens is 2. The Hall–Kier alpha value is -4.33. The number of phenolic OH excluding ortho intramolecular Hbond substituents is 2. The topological polar surface area (TPSA) is 95.3 Å². The number of benzene rings is 3. The van der Waals surface area contributed by atoms with Crippen LogP contribution in [0.2, 0.25) is 0 Å². The molecule has 1 aromatic heterocycles. The second-order valence-corrected chi connectivity index (χ2v) is 8.08. The Morgan fingerprint density at radius 3 is 2.38 bits per heavy atom. The smallest absolute Gasteiger partial charge is 0.230 e. The number of nitrogens with zero attached hydrogens (tertiary/aromatic N) is 2. The van der Waals surface area contributed by atoms with Gasteiger partial charge in [-0.15, -0.1) is 0 Å². The van der Waals surface area contributed by atoms with Crippen LogP contribution in [-0.4, -0.2) is 26.1 Å². The first kappa shape index (κ1) is 21.5. The molecule has 1 heterocycles. The number of carbonyl (C=O) groups excluding carboxylic acids is 1. The van der Waals surface area contributed by atoms with E-state index in [1.54, 1.807) is 30.3 Å². The summed E-state index contributed by atoms with van der Waals surface area (Å²) in [5, 5.41) is 22.3. The second-order valence-electron chi connectivity index (χ2n) is 8.08. The third kappa shape index (κ3) is 4.17. The van der Waals surface area contributed by atoms with Crippen molar-refractivity contribution in [3.63, 3.8) is 0 Å². The van der Waals surface area contributed by atoms with E-state index in [4.69, 9.17) is 9.97 Å². The first-order valence-corrected chi connectivity index (χ1v) is 10.6.